The van der Waals surface area contributed by atoms with Crippen molar-refractivity contribution in [2.75, 3.05) is 18.0 Å². The minimum atomic E-state index is -0.340. The van der Waals surface area contributed by atoms with Gasteiger partial charge in [-0.2, -0.15) is 5.26 Å². The maximum absolute atomic E-state index is 12.9. The van der Waals surface area contributed by atoms with E-state index >= 15 is 0 Å². The summed E-state index contributed by atoms with van der Waals surface area (Å²) in [5.74, 6) is -0.340. The van der Waals surface area contributed by atoms with Crippen LogP contribution in [0.2, 0.25) is 0 Å². The highest BCUT2D eigenvalue weighted by Crippen LogP contribution is 2.24. The molecular formula is C12H13FN2. The predicted octanol–water partition coefficient (Wildman–Crippen LogP) is 2.69. The molecule has 0 atom stereocenters. The van der Waals surface area contributed by atoms with Gasteiger partial charge in [0, 0.05) is 13.1 Å². The first-order valence-electron chi connectivity index (χ1n) is 5.26. The van der Waals surface area contributed by atoms with Crippen LogP contribution in [-0.4, -0.2) is 13.1 Å². The Morgan fingerprint density at radius 3 is 2.60 bits per heavy atom. The van der Waals surface area contributed by atoms with Crippen LogP contribution in [0, 0.1) is 17.1 Å². The Labute approximate surface area is 88.9 Å². The molecule has 1 aliphatic rings. The zero-order valence-corrected chi connectivity index (χ0v) is 8.54. The van der Waals surface area contributed by atoms with E-state index in [1.54, 1.807) is 6.07 Å². The second-order valence-corrected chi connectivity index (χ2v) is 3.82. The number of halogens is 1. The van der Waals surface area contributed by atoms with E-state index in [1.165, 1.54) is 18.6 Å². The van der Waals surface area contributed by atoms with E-state index < -0.39 is 0 Å². The zero-order valence-electron chi connectivity index (χ0n) is 8.54. The van der Waals surface area contributed by atoms with Crippen molar-refractivity contribution < 1.29 is 4.39 Å². The second-order valence-electron chi connectivity index (χ2n) is 3.82. The third kappa shape index (κ3) is 2.10. The molecule has 0 unspecified atom stereocenters. The molecule has 1 fully saturated rings. The fourth-order valence-corrected chi connectivity index (χ4v) is 2.01. The maximum atomic E-state index is 12.9. The molecule has 0 spiro atoms. The van der Waals surface area contributed by atoms with E-state index in [0.717, 1.165) is 31.6 Å². The summed E-state index contributed by atoms with van der Waals surface area (Å²) in [6, 6.07) is 6.49. The molecule has 0 bridgehead atoms. The van der Waals surface area contributed by atoms with Crippen LogP contribution in [0.3, 0.4) is 0 Å². The normalized spacial score (nSPS) is 16.1. The Kier molecular flexibility index (Phi) is 2.86. The van der Waals surface area contributed by atoms with E-state index in [4.69, 9.17) is 5.26 Å². The number of nitriles is 1. The molecule has 78 valence electrons. The molecule has 0 N–H and O–H groups in total. The van der Waals surface area contributed by atoms with Crippen LogP contribution >= 0.6 is 0 Å². The molecule has 15 heavy (non-hydrogen) atoms. The Hall–Kier alpha value is -1.56. The first-order valence-corrected chi connectivity index (χ1v) is 5.26. The average molecular weight is 204 g/mol. The first kappa shape index (κ1) is 9.97. The average Bonchev–Trinajstić information content (AvgIpc) is 2.30. The molecule has 0 amide bonds. The Morgan fingerprint density at radius 2 is 1.93 bits per heavy atom. The van der Waals surface area contributed by atoms with E-state index in [9.17, 15) is 4.39 Å². The molecule has 0 radical (unpaired) electrons. The van der Waals surface area contributed by atoms with Crippen LogP contribution < -0.4 is 4.90 Å². The maximum Gasteiger partial charge on any atom is 0.124 e. The van der Waals surface area contributed by atoms with Crippen molar-refractivity contribution in [3.8, 4) is 6.07 Å². The molecule has 1 saturated heterocycles. The van der Waals surface area contributed by atoms with Crippen LogP contribution in [0.1, 0.15) is 24.8 Å². The van der Waals surface area contributed by atoms with Crippen molar-refractivity contribution in [2.45, 2.75) is 19.3 Å². The van der Waals surface area contributed by atoms with Gasteiger partial charge in [-0.3, -0.25) is 0 Å². The lowest BCUT2D eigenvalue weighted by atomic mass is 10.1. The van der Waals surface area contributed by atoms with Gasteiger partial charge >= 0.3 is 0 Å². The van der Waals surface area contributed by atoms with Crippen LogP contribution in [0.5, 0.6) is 0 Å². The van der Waals surface area contributed by atoms with Gasteiger partial charge in [-0.05, 0) is 37.5 Å². The molecule has 0 saturated carbocycles. The number of anilines is 1. The van der Waals surface area contributed by atoms with Crippen molar-refractivity contribution in [3.05, 3.63) is 29.6 Å². The first-order chi connectivity index (χ1) is 7.31. The summed E-state index contributed by atoms with van der Waals surface area (Å²) in [7, 11) is 0. The van der Waals surface area contributed by atoms with Gasteiger partial charge in [-0.1, -0.05) is 0 Å². The Morgan fingerprint density at radius 1 is 1.20 bits per heavy atom. The molecule has 1 aliphatic heterocycles. The van der Waals surface area contributed by atoms with E-state index in [1.807, 2.05) is 0 Å². The number of benzene rings is 1. The third-order valence-corrected chi connectivity index (χ3v) is 2.78. The van der Waals surface area contributed by atoms with E-state index in [2.05, 4.69) is 11.0 Å². The standard InChI is InChI=1S/C12H13FN2/c13-11-4-5-12(10(8-11)9-14)15-6-2-1-3-7-15/h4-5,8H,1-3,6-7H2. The van der Waals surface area contributed by atoms with Crippen molar-refractivity contribution in [1.29, 1.82) is 5.26 Å². The highest BCUT2D eigenvalue weighted by Gasteiger charge is 2.14. The number of nitrogens with zero attached hydrogens (tertiary/aromatic N) is 2. The number of piperidine rings is 1. The van der Waals surface area contributed by atoms with Gasteiger partial charge in [-0.15, -0.1) is 0 Å². The quantitative estimate of drug-likeness (QED) is 0.703. The number of rotatable bonds is 1. The summed E-state index contributed by atoms with van der Waals surface area (Å²) in [6.45, 7) is 1.95. The van der Waals surface area contributed by atoms with E-state index in [-0.39, 0.29) is 5.82 Å². The van der Waals surface area contributed by atoms with Crippen LogP contribution in [-0.2, 0) is 0 Å². The molecule has 2 nitrogen and oxygen atoms in total. The van der Waals surface area contributed by atoms with Crippen molar-refractivity contribution >= 4 is 5.69 Å². The summed E-state index contributed by atoms with van der Waals surface area (Å²) < 4.78 is 12.9. The summed E-state index contributed by atoms with van der Waals surface area (Å²) in [5, 5.41) is 8.93. The minimum Gasteiger partial charge on any atom is -0.370 e. The van der Waals surface area contributed by atoms with Gasteiger partial charge < -0.3 is 4.90 Å². The largest absolute Gasteiger partial charge is 0.370 e. The van der Waals surface area contributed by atoms with Crippen LogP contribution in [0.25, 0.3) is 0 Å². The van der Waals surface area contributed by atoms with Crippen LogP contribution in [0.15, 0.2) is 18.2 Å². The smallest absolute Gasteiger partial charge is 0.124 e. The molecule has 0 aliphatic carbocycles. The number of hydrogen-bond donors (Lipinski definition) is 0. The molecule has 3 heteroatoms. The third-order valence-electron chi connectivity index (χ3n) is 2.78. The Balaban J connectivity index is 2.30. The van der Waals surface area contributed by atoms with Gasteiger partial charge in [-0.25, -0.2) is 4.39 Å². The van der Waals surface area contributed by atoms with E-state index in [0.29, 0.717) is 5.56 Å². The molecular weight excluding hydrogens is 191 g/mol. The lowest BCUT2D eigenvalue weighted by molar-refractivity contribution is 0.576. The van der Waals surface area contributed by atoms with Gasteiger partial charge in [0.25, 0.3) is 0 Å². The fourth-order valence-electron chi connectivity index (χ4n) is 2.01. The molecule has 2 rings (SSSR count). The second kappa shape index (κ2) is 4.31. The van der Waals surface area contributed by atoms with Gasteiger partial charge in [0.05, 0.1) is 11.3 Å². The zero-order chi connectivity index (χ0) is 10.7. The topological polar surface area (TPSA) is 27.0 Å². The lowest BCUT2D eigenvalue weighted by Crippen LogP contribution is -2.30. The van der Waals surface area contributed by atoms with Crippen molar-refractivity contribution in [1.82, 2.24) is 0 Å². The van der Waals surface area contributed by atoms with Crippen LogP contribution in [0.4, 0.5) is 10.1 Å². The molecule has 0 aromatic heterocycles. The van der Waals surface area contributed by atoms with Gasteiger partial charge in [0.2, 0.25) is 0 Å². The van der Waals surface area contributed by atoms with Crippen molar-refractivity contribution in [2.24, 2.45) is 0 Å². The van der Waals surface area contributed by atoms with Gasteiger partial charge in [0.1, 0.15) is 11.9 Å². The molecule has 1 aromatic rings. The summed E-state index contributed by atoms with van der Waals surface area (Å²) in [5.41, 5.74) is 1.32. The SMILES string of the molecule is N#Cc1cc(F)ccc1N1CCCCC1. The highest BCUT2D eigenvalue weighted by atomic mass is 19.1. The van der Waals surface area contributed by atoms with Crippen molar-refractivity contribution in [3.63, 3.8) is 0 Å². The summed E-state index contributed by atoms with van der Waals surface area (Å²) in [6.07, 6.45) is 3.56. The molecule has 1 heterocycles. The van der Waals surface area contributed by atoms with Gasteiger partial charge in [0.15, 0.2) is 0 Å². The minimum absolute atomic E-state index is 0.340. The highest BCUT2D eigenvalue weighted by molar-refractivity contribution is 5.59. The predicted molar refractivity (Wildman–Crippen MR) is 57.2 cm³/mol. The lowest BCUT2D eigenvalue weighted by Gasteiger charge is -2.29. The Bertz CT molecular complexity index is 389. The monoisotopic (exact) mass is 204 g/mol. The number of hydrogen-bond acceptors (Lipinski definition) is 2. The molecule has 1 aromatic carbocycles. The fraction of sp³-hybridized carbons (Fsp3) is 0.417. The summed E-state index contributed by atoms with van der Waals surface area (Å²) >= 11 is 0. The summed E-state index contributed by atoms with van der Waals surface area (Å²) in [4.78, 5) is 2.17.